The molecule has 0 aliphatic carbocycles. The summed E-state index contributed by atoms with van der Waals surface area (Å²) < 4.78 is 22.9. The lowest BCUT2D eigenvalue weighted by Gasteiger charge is -2.26. The van der Waals surface area contributed by atoms with E-state index in [9.17, 15) is 13.2 Å². The van der Waals surface area contributed by atoms with Crippen molar-refractivity contribution in [1.29, 1.82) is 0 Å². The van der Waals surface area contributed by atoms with Crippen LogP contribution < -0.4 is 0 Å². The highest BCUT2D eigenvalue weighted by Gasteiger charge is 2.27. The number of carbonyl (C=O) groups excluding carboxylic acids is 1. The highest BCUT2D eigenvalue weighted by molar-refractivity contribution is 7.91. The molecule has 0 N–H and O–H groups in total. The maximum atomic E-state index is 11.6. The molecule has 0 aromatic rings. The normalized spacial score (nSPS) is 26.0. The Morgan fingerprint density at radius 1 is 1.53 bits per heavy atom. The molecule has 1 unspecified atom stereocenters. The van der Waals surface area contributed by atoms with E-state index in [2.05, 4.69) is 0 Å². The Morgan fingerprint density at radius 2 is 2.20 bits per heavy atom. The molecule has 1 saturated heterocycles. The van der Waals surface area contributed by atoms with Crippen LogP contribution >= 0.6 is 11.6 Å². The summed E-state index contributed by atoms with van der Waals surface area (Å²) in [6, 6.07) is -0.229. The van der Waals surface area contributed by atoms with Gasteiger partial charge in [0.15, 0.2) is 9.84 Å². The first-order valence-electron chi connectivity index (χ1n) is 5.02. The molecule has 0 radical (unpaired) electrons. The van der Waals surface area contributed by atoms with Crippen LogP contribution in [-0.2, 0) is 14.6 Å². The molecular weight excluding hydrogens is 238 g/mol. The monoisotopic (exact) mass is 253 g/mol. The number of rotatable bonds is 2. The van der Waals surface area contributed by atoms with Gasteiger partial charge in [-0.1, -0.05) is 0 Å². The third-order valence-electron chi connectivity index (χ3n) is 2.51. The Hall–Kier alpha value is -0.290. The van der Waals surface area contributed by atoms with Gasteiger partial charge in [-0.25, -0.2) is 8.42 Å². The number of sulfone groups is 1. The van der Waals surface area contributed by atoms with Crippen molar-refractivity contribution in [3.05, 3.63) is 0 Å². The highest BCUT2D eigenvalue weighted by atomic mass is 35.5. The largest absolute Gasteiger partial charge is 0.339 e. The lowest BCUT2D eigenvalue weighted by Crippen LogP contribution is -2.40. The molecule has 1 aliphatic rings. The number of alkyl halides is 1. The van der Waals surface area contributed by atoms with Gasteiger partial charge in [0.25, 0.3) is 0 Å². The van der Waals surface area contributed by atoms with Gasteiger partial charge in [0, 0.05) is 24.9 Å². The van der Waals surface area contributed by atoms with Crippen LogP contribution in [0.2, 0.25) is 0 Å². The third-order valence-corrected chi connectivity index (χ3v) is 4.60. The minimum atomic E-state index is -2.98. The average Bonchev–Trinajstić information content (AvgIpc) is 2.23. The maximum Gasteiger partial charge on any atom is 0.224 e. The molecular formula is C9H16ClNO3S. The summed E-state index contributed by atoms with van der Waals surface area (Å²) in [6.07, 6.45) is 0.812. The molecule has 6 heteroatoms. The van der Waals surface area contributed by atoms with E-state index in [0.29, 0.717) is 13.0 Å². The first kappa shape index (κ1) is 12.8. The van der Waals surface area contributed by atoms with Gasteiger partial charge in [0.2, 0.25) is 5.91 Å². The minimum Gasteiger partial charge on any atom is -0.339 e. The Bertz CT molecular complexity index is 328. The molecule has 4 nitrogen and oxygen atoms in total. The van der Waals surface area contributed by atoms with Crippen molar-refractivity contribution >= 4 is 27.3 Å². The lowest BCUT2D eigenvalue weighted by atomic mass is 10.2. The Morgan fingerprint density at radius 3 is 2.80 bits per heavy atom. The van der Waals surface area contributed by atoms with E-state index in [-0.39, 0.29) is 35.8 Å². The zero-order valence-electron chi connectivity index (χ0n) is 8.78. The standard InChI is InChI=1S/C9H16ClNO3S/c1-8-7-15(13,14)6-2-5-11(8)9(12)3-4-10/h8H,2-7H2,1H3. The predicted molar refractivity (Wildman–Crippen MR) is 59.8 cm³/mol. The summed E-state index contributed by atoms with van der Waals surface area (Å²) in [6.45, 7) is 2.30. The molecule has 1 aliphatic heterocycles. The molecule has 1 amide bonds. The first-order chi connectivity index (χ1) is 6.96. The van der Waals surface area contributed by atoms with E-state index >= 15 is 0 Å². The van der Waals surface area contributed by atoms with Crippen LogP contribution in [0.4, 0.5) is 0 Å². The number of hydrogen-bond acceptors (Lipinski definition) is 3. The van der Waals surface area contributed by atoms with Crippen LogP contribution in [0.5, 0.6) is 0 Å². The molecule has 88 valence electrons. The second-order valence-corrected chi connectivity index (χ2v) is 6.45. The Labute approximate surface area is 95.5 Å². The fourth-order valence-electron chi connectivity index (χ4n) is 1.81. The number of hydrogen-bond donors (Lipinski definition) is 0. The highest BCUT2D eigenvalue weighted by Crippen LogP contribution is 2.13. The van der Waals surface area contributed by atoms with Crippen LogP contribution in [0.15, 0.2) is 0 Å². The molecule has 15 heavy (non-hydrogen) atoms. The fourth-order valence-corrected chi connectivity index (χ4v) is 3.62. The predicted octanol–water partition coefficient (Wildman–Crippen LogP) is 0.651. The Balaban J connectivity index is 2.71. The van der Waals surface area contributed by atoms with Crippen LogP contribution in [0.1, 0.15) is 19.8 Å². The summed E-state index contributed by atoms with van der Waals surface area (Å²) in [5.41, 5.74) is 0. The number of amides is 1. The average molecular weight is 254 g/mol. The first-order valence-corrected chi connectivity index (χ1v) is 7.38. The summed E-state index contributed by atoms with van der Waals surface area (Å²) >= 11 is 5.49. The molecule has 0 spiro atoms. The second-order valence-electron chi connectivity index (χ2n) is 3.84. The minimum absolute atomic E-state index is 0.0467. The van der Waals surface area contributed by atoms with E-state index in [4.69, 9.17) is 11.6 Å². The van der Waals surface area contributed by atoms with Crippen LogP contribution in [-0.4, -0.2) is 49.2 Å². The summed E-state index contributed by atoms with van der Waals surface area (Å²) in [5, 5.41) is 0. The van der Waals surface area contributed by atoms with Gasteiger partial charge in [-0.15, -0.1) is 11.6 Å². The number of carbonyl (C=O) groups is 1. The zero-order valence-corrected chi connectivity index (χ0v) is 10.4. The Kier molecular flexibility index (Phi) is 4.40. The summed E-state index contributed by atoms with van der Waals surface area (Å²) in [4.78, 5) is 13.3. The van der Waals surface area contributed by atoms with Crippen molar-refractivity contribution in [2.75, 3.05) is 23.9 Å². The van der Waals surface area contributed by atoms with Gasteiger partial charge < -0.3 is 4.90 Å². The molecule has 1 rings (SSSR count). The van der Waals surface area contributed by atoms with Gasteiger partial charge in [0.1, 0.15) is 0 Å². The molecule has 1 atom stereocenters. The van der Waals surface area contributed by atoms with E-state index in [0.717, 1.165) is 0 Å². The molecule has 0 saturated carbocycles. The maximum absolute atomic E-state index is 11.6. The van der Waals surface area contributed by atoms with E-state index in [1.54, 1.807) is 11.8 Å². The van der Waals surface area contributed by atoms with Gasteiger partial charge in [-0.3, -0.25) is 4.79 Å². The zero-order chi connectivity index (χ0) is 11.5. The fraction of sp³-hybridized carbons (Fsp3) is 0.889. The van der Waals surface area contributed by atoms with E-state index in [1.165, 1.54) is 0 Å². The topological polar surface area (TPSA) is 54.5 Å². The third kappa shape index (κ3) is 3.65. The van der Waals surface area contributed by atoms with Crippen molar-refractivity contribution in [3.8, 4) is 0 Å². The summed E-state index contributed by atoms with van der Waals surface area (Å²) in [5.74, 6) is 0.493. The van der Waals surface area contributed by atoms with Crippen LogP contribution in [0, 0.1) is 0 Å². The van der Waals surface area contributed by atoms with Crippen LogP contribution in [0.25, 0.3) is 0 Å². The quantitative estimate of drug-likeness (QED) is 0.679. The molecule has 1 heterocycles. The van der Waals surface area contributed by atoms with E-state index < -0.39 is 9.84 Å². The van der Waals surface area contributed by atoms with Crippen molar-refractivity contribution < 1.29 is 13.2 Å². The molecule has 1 fully saturated rings. The van der Waals surface area contributed by atoms with Crippen molar-refractivity contribution in [3.63, 3.8) is 0 Å². The van der Waals surface area contributed by atoms with Gasteiger partial charge >= 0.3 is 0 Å². The van der Waals surface area contributed by atoms with Crippen LogP contribution in [0.3, 0.4) is 0 Å². The molecule has 0 bridgehead atoms. The van der Waals surface area contributed by atoms with Crippen molar-refractivity contribution in [2.45, 2.75) is 25.8 Å². The SMILES string of the molecule is CC1CS(=O)(=O)CCCN1C(=O)CCCl. The molecule has 0 aromatic heterocycles. The number of halogens is 1. The van der Waals surface area contributed by atoms with Gasteiger partial charge in [0.05, 0.1) is 11.5 Å². The smallest absolute Gasteiger partial charge is 0.224 e. The molecule has 0 aromatic carbocycles. The number of nitrogens with zero attached hydrogens (tertiary/aromatic N) is 1. The second kappa shape index (κ2) is 5.16. The van der Waals surface area contributed by atoms with Gasteiger partial charge in [-0.05, 0) is 13.3 Å². The van der Waals surface area contributed by atoms with Crippen molar-refractivity contribution in [2.24, 2.45) is 0 Å². The van der Waals surface area contributed by atoms with Crippen molar-refractivity contribution in [1.82, 2.24) is 4.90 Å². The summed E-state index contributed by atoms with van der Waals surface area (Å²) in [7, 11) is -2.98. The van der Waals surface area contributed by atoms with Gasteiger partial charge in [-0.2, -0.15) is 0 Å². The lowest BCUT2D eigenvalue weighted by molar-refractivity contribution is -0.132. The van der Waals surface area contributed by atoms with E-state index in [1.807, 2.05) is 0 Å².